The largest absolute Gasteiger partial charge is 0.434 e. The number of benzene rings is 2. The maximum absolute atomic E-state index is 13.4. The third kappa shape index (κ3) is 3.76. The Kier molecular flexibility index (Phi) is 4.78. The van der Waals surface area contributed by atoms with Gasteiger partial charge in [-0.15, -0.1) is 0 Å². The van der Waals surface area contributed by atoms with Crippen LogP contribution in [0, 0.1) is 11.8 Å². The molecule has 0 fully saturated rings. The summed E-state index contributed by atoms with van der Waals surface area (Å²) in [6, 6.07) is 7.45. The summed E-state index contributed by atoms with van der Waals surface area (Å²) in [5.74, 6) is 4.88. The number of hydrogen-bond donors (Lipinski definition) is 0. The van der Waals surface area contributed by atoms with Crippen molar-refractivity contribution in [3.63, 3.8) is 0 Å². The molecule has 2 bridgehead atoms. The van der Waals surface area contributed by atoms with Crippen LogP contribution in [-0.4, -0.2) is 47.2 Å². The lowest BCUT2D eigenvalue weighted by atomic mass is 9.97. The molecule has 0 saturated carbocycles. The first-order valence-electron chi connectivity index (χ1n) is 11.9. The number of rotatable bonds is 5. The number of hydrogen-bond acceptors (Lipinski definition) is 4. The number of nitrogens with zero attached hydrogens (tertiary/aromatic N) is 3. The Hall–Kier alpha value is -3.58. The average Bonchev–Trinajstić information content (AvgIpc) is 3.30. The third-order valence-corrected chi connectivity index (χ3v) is 5.85. The average molecular weight is 476 g/mol. The van der Waals surface area contributed by atoms with Gasteiger partial charge in [-0.25, -0.2) is 4.98 Å². The van der Waals surface area contributed by atoms with Crippen LogP contribution >= 0.6 is 0 Å². The molecule has 6 nitrogen and oxygen atoms in total. The van der Waals surface area contributed by atoms with Crippen LogP contribution in [0.25, 0.3) is 11.0 Å². The quantitative estimate of drug-likeness (QED) is 0.303. The van der Waals surface area contributed by atoms with Crippen molar-refractivity contribution in [3.05, 3.63) is 58.9 Å². The molecule has 5 rings (SSSR count). The molecule has 0 N–H and O–H groups in total. The normalized spacial score (nSPS) is 20.4. The van der Waals surface area contributed by atoms with Crippen molar-refractivity contribution in [2.75, 3.05) is 13.6 Å². The molecule has 0 saturated heterocycles. The minimum absolute atomic E-state index is 0.0377. The summed E-state index contributed by atoms with van der Waals surface area (Å²) >= 11 is 0. The number of halogens is 4. The van der Waals surface area contributed by atoms with Gasteiger partial charge < -0.3 is 18.9 Å². The molecular formula is C24H19F4N3O3. The number of carbonyl (C=O) groups is 1. The lowest BCUT2D eigenvalue weighted by Crippen LogP contribution is -2.30. The van der Waals surface area contributed by atoms with E-state index in [1.807, 2.05) is 0 Å². The van der Waals surface area contributed by atoms with Gasteiger partial charge in [-0.2, -0.15) is 17.6 Å². The van der Waals surface area contributed by atoms with Crippen LogP contribution in [0.15, 0.2) is 36.4 Å². The zero-order valence-corrected chi connectivity index (χ0v) is 17.5. The molecule has 10 heteroatoms. The second-order valence-electron chi connectivity index (χ2n) is 7.77. The molecule has 2 aliphatic rings. The molecule has 3 heterocycles. The topological polar surface area (TPSA) is 56.6 Å². The molecule has 0 aliphatic carbocycles. The predicted octanol–water partition coefficient (Wildman–Crippen LogP) is 4.74. The van der Waals surface area contributed by atoms with Crippen LogP contribution < -0.4 is 4.74 Å². The van der Waals surface area contributed by atoms with E-state index < -0.39 is 38.2 Å². The predicted molar refractivity (Wildman–Crippen MR) is 114 cm³/mol. The highest BCUT2D eigenvalue weighted by molar-refractivity contribution is 5.97. The van der Waals surface area contributed by atoms with E-state index in [1.54, 1.807) is 22.8 Å². The Morgan fingerprint density at radius 3 is 2.82 bits per heavy atom. The summed E-state index contributed by atoms with van der Waals surface area (Å²) in [6.07, 6.45) is 0.175. The summed E-state index contributed by atoms with van der Waals surface area (Å²) in [4.78, 5) is 18.8. The van der Waals surface area contributed by atoms with Crippen molar-refractivity contribution >= 4 is 16.9 Å². The van der Waals surface area contributed by atoms with E-state index in [0.29, 0.717) is 22.4 Å². The van der Waals surface area contributed by atoms with E-state index >= 15 is 0 Å². The summed E-state index contributed by atoms with van der Waals surface area (Å²) in [6.45, 7) is -9.09. The number of aromatic nitrogens is 2. The molecule has 0 radical (unpaired) electrons. The fourth-order valence-electron chi connectivity index (χ4n) is 4.55. The number of amides is 1. The van der Waals surface area contributed by atoms with Crippen molar-refractivity contribution in [1.29, 1.82) is 0 Å². The molecule has 0 spiro atoms. The minimum Gasteiger partial charge on any atom is -0.434 e. The van der Waals surface area contributed by atoms with Gasteiger partial charge in [-0.05, 0) is 30.3 Å². The number of fused-ring (bicyclic) bond motifs is 9. The van der Waals surface area contributed by atoms with Crippen LogP contribution in [0.3, 0.4) is 0 Å². The van der Waals surface area contributed by atoms with Crippen molar-refractivity contribution in [2.45, 2.75) is 38.1 Å². The fraction of sp³-hybridized carbons (Fsp3) is 0.333. The molecule has 2 atom stereocenters. The lowest BCUT2D eigenvalue weighted by Gasteiger charge is -2.24. The zero-order valence-electron chi connectivity index (χ0n) is 20.5. The SMILES string of the molecule is [2H]C([2H])([2H])N1C(=O)c2cccc(OC(F)F)c2[C@H]2C[C@@H]1c1nc3ccc(C#CCCOC(F)F)cc3n12. The second-order valence-corrected chi connectivity index (χ2v) is 7.77. The second kappa shape index (κ2) is 8.65. The lowest BCUT2D eigenvalue weighted by molar-refractivity contribution is -0.126. The maximum atomic E-state index is 13.4. The van der Waals surface area contributed by atoms with Gasteiger partial charge in [0.05, 0.1) is 29.7 Å². The van der Waals surface area contributed by atoms with E-state index in [0.717, 1.165) is 4.90 Å². The Balaban J connectivity index is 1.65. The van der Waals surface area contributed by atoms with Gasteiger partial charge in [0, 0.05) is 40.6 Å². The monoisotopic (exact) mass is 476 g/mol. The highest BCUT2D eigenvalue weighted by Gasteiger charge is 2.44. The number of carbonyl (C=O) groups excluding carboxylic acids is 1. The number of ether oxygens (including phenoxy) is 2. The van der Waals surface area contributed by atoms with Crippen LogP contribution in [-0.2, 0) is 4.74 Å². The number of alkyl halides is 4. The first-order valence-corrected chi connectivity index (χ1v) is 10.4. The molecule has 176 valence electrons. The third-order valence-electron chi connectivity index (χ3n) is 5.85. The molecule has 1 aromatic heterocycles. The molecule has 3 aromatic rings. The van der Waals surface area contributed by atoms with E-state index in [9.17, 15) is 22.4 Å². The Morgan fingerprint density at radius 1 is 1.21 bits per heavy atom. The molecule has 0 unspecified atom stereocenters. The van der Waals surface area contributed by atoms with Gasteiger partial charge in [-0.1, -0.05) is 17.9 Å². The molecule has 1 amide bonds. The number of imidazole rings is 1. The van der Waals surface area contributed by atoms with E-state index in [-0.39, 0.29) is 36.3 Å². The molecule has 34 heavy (non-hydrogen) atoms. The summed E-state index contributed by atoms with van der Waals surface area (Å²) < 4.78 is 85.5. The highest BCUT2D eigenvalue weighted by Crippen LogP contribution is 2.49. The van der Waals surface area contributed by atoms with Gasteiger partial charge in [-0.3, -0.25) is 4.79 Å². The summed E-state index contributed by atoms with van der Waals surface area (Å²) in [5, 5.41) is 0. The minimum atomic E-state index is -3.16. The maximum Gasteiger partial charge on any atom is 0.387 e. The molecule has 2 aliphatic heterocycles. The van der Waals surface area contributed by atoms with Gasteiger partial charge in [0.2, 0.25) is 0 Å². The zero-order chi connectivity index (χ0) is 26.5. The van der Waals surface area contributed by atoms with Crippen LogP contribution in [0.4, 0.5) is 17.6 Å². The van der Waals surface area contributed by atoms with Gasteiger partial charge in [0.25, 0.3) is 5.91 Å². The Morgan fingerprint density at radius 2 is 2.06 bits per heavy atom. The van der Waals surface area contributed by atoms with Crippen LogP contribution in [0.5, 0.6) is 5.75 Å². The Bertz CT molecular complexity index is 1430. The molecular weight excluding hydrogens is 454 g/mol. The van der Waals surface area contributed by atoms with Gasteiger partial charge in [0.1, 0.15) is 11.6 Å². The Labute approximate surface area is 196 Å². The summed E-state index contributed by atoms with van der Waals surface area (Å²) in [7, 11) is 0. The van der Waals surface area contributed by atoms with E-state index in [1.165, 1.54) is 18.2 Å². The van der Waals surface area contributed by atoms with Crippen molar-refractivity contribution in [1.82, 2.24) is 14.5 Å². The van der Waals surface area contributed by atoms with E-state index in [2.05, 4.69) is 21.6 Å². The van der Waals surface area contributed by atoms with Crippen molar-refractivity contribution in [3.8, 4) is 17.6 Å². The first kappa shape index (κ1) is 18.8. The smallest absolute Gasteiger partial charge is 0.387 e. The fourth-order valence-corrected chi connectivity index (χ4v) is 4.55. The highest BCUT2D eigenvalue weighted by atomic mass is 19.3. The van der Waals surface area contributed by atoms with Crippen molar-refractivity contribution in [2.24, 2.45) is 0 Å². The van der Waals surface area contributed by atoms with Gasteiger partial charge in [0.15, 0.2) is 0 Å². The van der Waals surface area contributed by atoms with Crippen molar-refractivity contribution < 1.29 is 35.9 Å². The summed E-state index contributed by atoms with van der Waals surface area (Å²) in [5.41, 5.74) is 1.70. The van der Waals surface area contributed by atoms with E-state index in [4.69, 9.17) is 8.85 Å². The molecule has 2 aromatic carbocycles. The first-order chi connectivity index (χ1) is 17.6. The van der Waals surface area contributed by atoms with Crippen LogP contribution in [0.2, 0.25) is 0 Å². The standard InChI is InChI=1S/C24H19F4N3O3/c1-30-18-12-17(20-14(22(30)32)6-4-7-19(20)34-24(27)28)31-16-11-13(5-2-3-10-33-23(25)26)8-9-15(16)29-21(18)31/h4,6-9,11,17-18,23-24H,3,10,12H2,1H3/t17-,18-/m1/s1/i1D3. The van der Waals surface area contributed by atoms with Gasteiger partial charge >= 0.3 is 13.2 Å². The van der Waals surface area contributed by atoms with Crippen LogP contribution in [0.1, 0.15) is 56.3 Å².